The maximum atomic E-state index is 11.5. The smallest absolute Gasteiger partial charge is 0.422 e. The molecule has 2 bridgehead atoms. The van der Waals surface area contributed by atoms with E-state index >= 15 is 0 Å². The van der Waals surface area contributed by atoms with Crippen molar-refractivity contribution in [3.63, 3.8) is 0 Å². The number of carbonyl (C=O) groups excluding carboxylic acids is 1. The fraction of sp³-hybridized carbons (Fsp3) is 0.923. The largest absolute Gasteiger partial charge is 0.443 e. The van der Waals surface area contributed by atoms with Gasteiger partial charge in [0.1, 0.15) is 5.60 Å². The van der Waals surface area contributed by atoms with Crippen molar-refractivity contribution in [3.05, 3.63) is 0 Å². The lowest BCUT2D eigenvalue weighted by atomic mass is 9.99. The van der Waals surface area contributed by atoms with Crippen molar-refractivity contribution in [3.8, 4) is 0 Å². The first-order valence-corrected chi connectivity index (χ1v) is 6.81. The fourth-order valence-electron chi connectivity index (χ4n) is 2.99. The van der Waals surface area contributed by atoms with Crippen LogP contribution in [0.4, 0.5) is 4.79 Å². The van der Waals surface area contributed by atoms with Crippen molar-refractivity contribution < 1.29 is 9.53 Å². The molecule has 0 spiro atoms. The van der Waals surface area contributed by atoms with Gasteiger partial charge in [0, 0.05) is 18.1 Å². The quantitative estimate of drug-likeness (QED) is 0.737. The summed E-state index contributed by atoms with van der Waals surface area (Å²) < 4.78 is 5.20. The Balaban J connectivity index is 1.74. The van der Waals surface area contributed by atoms with Crippen LogP contribution in [-0.4, -0.2) is 41.8 Å². The molecule has 18 heavy (non-hydrogen) atoms. The summed E-state index contributed by atoms with van der Waals surface area (Å²) in [6, 6.07) is 1.70. The van der Waals surface area contributed by atoms with E-state index in [0.717, 1.165) is 12.8 Å². The molecule has 2 saturated heterocycles. The van der Waals surface area contributed by atoms with Crippen LogP contribution in [-0.2, 0) is 4.74 Å². The number of ether oxygens (including phenoxy) is 1. The van der Waals surface area contributed by atoms with Crippen LogP contribution in [0.15, 0.2) is 0 Å². The maximum Gasteiger partial charge on any atom is 0.422 e. The van der Waals surface area contributed by atoms with Gasteiger partial charge in [-0.3, -0.25) is 5.43 Å². The molecule has 2 aliphatic rings. The van der Waals surface area contributed by atoms with Crippen LogP contribution < -0.4 is 10.9 Å². The Bertz CT molecular complexity index is 300. The number of amides is 1. The van der Waals surface area contributed by atoms with E-state index in [2.05, 4.69) is 22.8 Å². The first-order valence-electron chi connectivity index (χ1n) is 6.81. The van der Waals surface area contributed by atoms with Gasteiger partial charge in [0.2, 0.25) is 0 Å². The molecule has 0 radical (unpaired) electrons. The first kappa shape index (κ1) is 13.6. The summed E-state index contributed by atoms with van der Waals surface area (Å²) in [5, 5.41) is 0. The number of hydrogen-bond donors (Lipinski definition) is 2. The minimum atomic E-state index is -0.447. The SMILES string of the molecule is CN1C2CCC1CC(NNC(=O)OC(C)(C)C)C2. The van der Waals surface area contributed by atoms with E-state index in [1.54, 1.807) is 0 Å². The van der Waals surface area contributed by atoms with Crippen LogP contribution in [0.5, 0.6) is 0 Å². The summed E-state index contributed by atoms with van der Waals surface area (Å²) in [4.78, 5) is 14.0. The van der Waals surface area contributed by atoms with Crippen LogP contribution in [0.25, 0.3) is 0 Å². The normalized spacial score (nSPS) is 32.3. The number of carbonyl (C=O) groups is 1. The second kappa shape index (κ2) is 5.05. The van der Waals surface area contributed by atoms with E-state index in [1.807, 2.05) is 20.8 Å². The van der Waals surface area contributed by atoms with Crippen LogP contribution in [0.3, 0.4) is 0 Å². The molecule has 2 N–H and O–H groups in total. The molecule has 104 valence electrons. The Morgan fingerprint density at radius 1 is 1.22 bits per heavy atom. The zero-order valence-corrected chi connectivity index (χ0v) is 11.8. The van der Waals surface area contributed by atoms with Gasteiger partial charge in [0.25, 0.3) is 0 Å². The highest BCUT2D eigenvalue weighted by molar-refractivity contribution is 5.67. The predicted octanol–water partition coefficient (Wildman–Crippen LogP) is 1.64. The van der Waals surface area contributed by atoms with Gasteiger partial charge in [-0.1, -0.05) is 0 Å². The Hall–Kier alpha value is -0.810. The van der Waals surface area contributed by atoms with Crippen molar-refractivity contribution in [1.82, 2.24) is 15.8 Å². The Kier molecular flexibility index (Phi) is 3.82. The summed E-state index contributed by atoms with van der Waals surface area (Å²) in [7, 11) is 2.21. The van der Waals surface area contributed by atoms with Crippen molar-refractivity contribution >= 4 is 6.09 Å². The van der Waals surface area contributed by atoms with E-state index in [-0.39, 0.29) is 0 Å². The number of nitrogens with one attached hydrogen (secondary N) is 2. The third kappa shape index (κ3) is 3.36. The zero-order chi connectivity index (χ0) is 13.3. The molecule has 5 heteroatoms. The van der Waals surface area contributed by atoms with Crippen molar-refractivity contribution in [1.29, 1.82) is 0 Å². The van der Waals surface area contributed by atoms with Crippen LogP contribution >= 0.6 is 0 Å². The van der Waals surface area contributed by atoms with Crippen LogP contribution in [0.1, 0.15) is 46.5 Å². The molecule has 0 saturated carbocycles. The summed E-state index contributed by atoms with van der Waals surface area (Å²) in [5.41, 5.74) is 5.33. The summed E-state index contributed by atoms with van der Waals surface area (Å²) in [6.07, 6.45) is 4.37. The Morgan fingerprint density at radius 2 is 1.78 bits per heavy atom. The second-order valence-corrected chi connectivity index (χ2v) is 6.49. The molecule has 2 aliphatic heterocycles. The summed E-state index contributed by atoms with van der Waals surface area (Å²) in [6.45, 7) is 5.59. The first-order chi connectivity index (χ1) is 8.35. The Labute approximate surface area is 109 Å². The number of piperidine rings is 1. The van der Waals surface area contributed by atoms with Crippen molar-refractivity contribution in [2.45, 2.75) is 70.2 Å². The van der Waals surface area contributed by atoms with E-state index in [9.17, 15) is 4.79 Å². The van der Waals surface area contributed by atoms with Gasteiger partial charge >= 0.3 is 6.09 Å². The molecule has 0 aliphatic carbocycles. The average Bonchev–Trinajstić information content (AvgIpc) is 2.50. The van der Waals surface area contributed by atoms with Gasteiger partial charge in [-0.15, -0.1) is 0 Å². The van der Waals surface area contributed by atoms with E-state index < -0.39 is 11.7 Å². The number of rotatable bonds is 2. The monoisotopic (exact) mass is 255 g/mol. The second-order valence-electron chi connectivity index (χ2n) is 6.49. The van der Waals surface area contributed by atoms with Crippen LogP contribution in [0, 0.1) is 0 Å². The average molecular weight is 255 g/mol. The lowest BCUT2D eigenvalue weighted by molar-refractivity contribution is 0.0464. The molecule has 1 amide bonds. The lowest BCUT2D eigenvalue weighted by Gasteiger charge is -2.36. The standard InChI is InChI=1S/C13H25N3O2/c1-13(2,3)18-12(17)15-14-9-7-10-5-6-11(8-9)16(10)4/h9-11,14H,5-8H2,1-4H3,(H,15,17). The topological polar surface area (TPSA) is 53.6 Å². The number of nitrogens with zero attached hydrogens (tertiary/aromatic N) is 1. The molecule has 0 aromatic carbocycles. The minimum absolute atomic E-state index is 0.367. The zero-order valence-electron chi connectivity index (χ0n) is 11.8. The third-order valence-corrected chi connectivity index (χ3v) is 3.88. The molecule has 2 rings (SSSR count). The van der Waals surface area contributed by atoms with Gasteiger partial charge in [-0.05, 0) is 53.5 Å². The highest BCUT2D eigenvalue weighted by Gasteiger charge is 2.38. The van der Waals surface area contributed by atoms with Gasteiger partial charge in [0.15, 0.2) is 0 Å². The van der Waals surface area contributed by atoms with Gasteiger partial charge in [-0.2, -0.15) is 0 Å². The summed E-state index contributed by atoms with van der Waals surface area (Å²) >= 11 is 0. The highest BCUT2D eigenvalue weighted by Crippen LogP contribution is 2.33. The lowest BCUT2D eigenvalue weighted by Crippen LogP contribution is -2.53. The van der Waals surface area contributed by atoms with Crippen molar-refractivity contribution in [2.24, 2.45) is 0 Å². The van der Waals surface area contributed by atoms with Gasteiger partial charge < -0.3 is 9.64 Å². The van der Waals surface area contributed by atoms with E-state index in [0.29, 0.717) is 18.1 Å². The number of hydrazine groups is 1. The molecule has 2 unspecified atom stereocenters. The molecular formula is C13H25N3O2. The summed E-state index contributed by atoms with van der Waals surface area (Å²) in [5.74, 6) is 0. The minimum Gasteiger partial charge on any atom is -0.443 e. The molecule has 0 aromatic heterocycles. The fourth-order valence-corrected chi connectivity index (χ4v) is 2.99. The van der Waals surface area contributed by atoms with E-state index in [1.165, 1.54) is 12.8 Å². The molecule has 2 fully saturated rings. The Morgan fingerprint density at radius 3 is 2.28 bits per heavy atom. The van der Waals surface area contributed by atoms with E-state index in [4.69, 9.17) is 4.74 Å². The molecule has 0 aromatic rings. The van der Waals surface area contributed by atoms with Crippen molar-refractivity contribution in [2.75, 3.05) is 7.05 Å². The number of hydrogen-bond acceptors (Lipinski definition) is 4. The highest BCUT2D eigenvalue weighted by atomic mass is 16.6. The molecule has 2 atom stereocenters. The third-order valence-electron chi connectivity index (χ3n) is 3.88. The molecule has 2 heterocycles. The van der Waals surface area contributed by atoms with Gasteiger partial charge in [0.05, 0.1) is 0 Å². The molecular weight excluding hydrogens is 230 g/mol. The van der Waals surface area contributed by atoms with Gasteiger partial charge in [-0.25, -0.2) is 10.2 Å². The number of fused-ring (bicyclic) bond motifs is 2. The molecule has 5 nitrogen and oxygen atoms in total. The predicted molar refractivity (Wildman–Crippen MR) is 70.1 cm³/mol. The van der Waals surface area contributed by atoms with Crippen LogP contribution in [0.2, 0.25) is 0 Å². The maximum absolute atomic E-state index is 11.5.